The smallest absolute Gasteiger partial charge is 0.122 e. The molecule has 1 heterocycles. The van der Waals surface area contributed by atoms with Crippen molar-refractivity contribution in [3.8, 4) is 0 Å². The van der Waals surface area contributed by atoms with E-state index in [1.165, 1.54) is 44.3 Å². The lowest BCUT2D eigenvalue weighted by molar-refractivity contribution is 0.545. The molecule has 0 aromatic carbocycles. The van der Waals surface area contributed by atoms with E-state index in [1.807, 2.05) is 6.20 Å². The van der Waals surface area contributed by atoms with E-state index in [4.69, 9.17) is 0 Å². The monoisotopic (exact) mass is 221 g/mol. The van der Waals surface area contributed by atoms with Gasteiger partial charge in [-0.3, -0.25) is 0 Å². The van der Waals surface area contributed by atoms with E-state index in [2.05, 4.69) is 28.0 Å². The molecule has 16 heavy (non-hydrogen) atoms. The summed E-state index contributed by atoms with van der Waals surface area (Å²) < 4.78 is 2.30. The maximum atomic E-state index is 4.42. The number of imidazole rings is 1. The molecule has 3 nitrogen and oxygen atoms in total. The highest BCUT2D eigenvalue weighted by atomic mass is 15.1. The van der Waals surface area contributed by atoms with Crippen LogP contribution in [0.15, 0.2) is 12.4 Å². The molecular weight excluding hydrogens is 198 g/mol. The summed E-state index contributed by atoms with van der Waals surface area (Å²) in [5.41, 5.74) is 0. The molecule has 0 unspecified atom stereocenters. The molecule has 0 bridgehead atoms. The Morgan fingerprint density at radius 1 is 1.38 bits per heavy atom. The minimum absolute atomic E-state index is 0.769. The van der Waals surface area contributed by atoms with Gasteiger partial charge >= 0.3 is 0 Å². The minimum Gasteiger partial charge on any atom is -0.334 e. The molecule has 0 amide bonds. The predicted molar refractivity (Wildman–Crippen MR) is 66.2 cm³/mol. The van der Waals surface area contributed by atoms with Crippen LogP contribution in [0.5, 0.6) is 0 Å². The molecular formula is C13H23N3. The summed E-state index contributed by atoms with van der Waals surface area (Å²) in [4.78, 5) is 4.42. The SMILES string of the molecule is CCCCCCn1ccnc1CNC1CC1. The second-order valence-corrected chi connectivity index (χ2v) is 4.75. The molecule has 3 heteroatoms. The number of unbranched alkanes of at least 4 members (excludes halogenated alkanes) is 3. The average Bonchev–Trinajstić information content (AvgIpc) is 3.02. The Balaban J connectivity index is 1.71. The van der Waals surface area contributed by atoms with Crippen LogP contribution >= 0.6 is 0 Å². The first-order chi connectivity index (χ1) is 7.90. The molecule has 0 spiro atoms. The molecule has 1 N–H and O–H groups in total. The summed E-state index contributed by atoms with van der Waals surface area (Å²) in [5, 5.41) is 3.52. The van der Waals surface area contributed by atoms with E-state index in [9.17, 15) is 0 Å². The van der Waals surface area contributed by atoms with Crippen LogP contribution < -0.4 is 5.32 Å². The number of aryl methyl sites for hydroxylation is 1. The van der Waals surface area contributed by atoms with Crippen molar-refractivity contribution in [1.82, 2.24) is 14.9 Å². The van der Waals surface area contributed by atoms with Crippen LogP contribution in [-0.2, 0) is 13.1 Å². The fourth-order valence-corrected chi connectivity index (χ4v) is 1.94. The normalized spacial score (nSPS) is 15.6. The van der Waals surface area contributed by atoms with Gasteiger partial charge in [0, 0.05) is 25.0 Å². The molecule has 1 aliphatic carbocycles. The van der Waals surface area contributed by atoms with Crippen molar-refractivity contribution in [3.05, 3.63) is 18.2 Å². The summed E-state index contributed by atoms with van der Waals surface area (Å²) in [6.07, 6.45) is 12.0. The number of hydrogen-bond acceptors (Lipinski definition) is 2. The molecule has 90 valence electrons. The van der Waals surface area contributed by atoms with Crippen LogP contribution in [0.3, 0.4) is 0 Å². The molecule has 1 saturated carbocycles. The highest BCUT2D eigenvalue weighted by Crippen LogP contribution is 2.19. The lowest BCUT2D eigenvalue weighted by atomic mass is 10.2. The molecule has 0 atom stereocenters. The molecule has 0 aliphatic heterocycles. The summed E-state index contributed by atoms with van der Waals surface area (Å²) in [6.45, 7) is 4.31. The quantitative estimate of drug-likeness (QED) is 0.684. The van der Waals surface area contributed by atoms with Crippen LogP contribution in [-0.4, -0.2) is 15.6 Å². The molecule has 1 fully saturated rings. The van der Waals surface area contributed by atoms with Crippen molar-refractivity contribution in [2.75, 3.05) is 0 Å². The van der Waals surface area contributed by atoms with E-state index in [0.717, 1.165) is 19.1 Å². The Labute approximate surface area is 98.3 Å². The molecule has 2 rings (SSSR count). The summed E-state index contributed by atoms with van der Waals surface area (Å²) in [6, 6.07) is 0.769. The molecule has 1 aromatic rings. The molecule has 0 radical (unpaired) electrons. The minimum atomic E-state index is 0.769. The Kier molecular flexibility index (Phi) is 4.40. The second-order valence-electron chi connectivity index (χ2n) is 4.75. The Bertz CT molecular complexity index is 302. The third kappa shape index (κ3) is 3.63. The van der Waals surface area contributed by atoms with Gasteiger partial charge in [0.2, 0.25) is 0 Å². The van der Waals surface area contributed by atoms with E-state index < -0.39 is 0 Å². The number of aromatic nitrogens is 2. The van der Waals surface area contributed by atoms with Crippen LogP contribution in [0.4, 0.5) is 0 Å². The van der Waals surface area contributed by atoms with Gasteiger partial charge in [-0.1, -0.05) is 26.2 Å². The third-order valence-corrected chi connectivity index (χ3v) is 3.18. The second kappa shape index (κ2) is 6.04. The van der Waals surface area contributed by atoms with Gasteiger partial charge in [0.05, 0.1) is 6.54 Å². The Hall–Kier alpha value is -0.830. The highest BCUT2D eigenvalue weighted by molar-refractivity contribution is 4.94. The number of hydrogen-bond donors (Lipinski definition) is 1. The van der Waals surface area contributed by atoms with Gasteiger partial charge in [-0.25, -0.2) is 4.98 Å². The first-order valence-electron chi connectivity index (χ1n) is 6.63. The molecule has 1 aliphatic rings. The summed E-state index contributed by atoms with van der Waals surface area (Å²) in [7, 11) is 0. The zero-order chi connectivity index (χ0) is 11.2. The van der Waals surface area contributed by atoms with Crippen molar-refractivity contribution >= 4 is 0 Å². The standard InChI is InChI=1S/C13H23N3/c1-2-3-4-5-9-16-10-8-14-13(16)11-15-12-6-7-12/h8,10,12,15H,2-7,9,11H2,1H3. The van der Waals surface area contributed by atoms with E-state index >= 15 is 0 Å². The van der Waals surface area contributed by atoms with E-state index in [-0.39, 0.29) is 0 Å². The first-order valence-corrected chi connectivity index (χ1v) is 6.63. The van der Waals surface area contributed by atoms with Gasteiger partial charge in [-0.2, -0.15) is 0 Å². The summed E-state index contributed by atoms with van der Waals surface area (Å²) in [5.74, 6) is 1.20. The topological polar surface area (TPSA) is 29.9 Å². The highest BCUT2D eigenvalue weighted by Gasteiger charge is 2.20. The van der Waals surface area contributed by atoms with Crippen molar-refractivity contribution in [3.63, 3.8) is 0 Å². The van der Waals surface area contributed by atoms with E-state index in [1.54, 1.807) is 0 Å². The maximum Gasteiger partial charge on any atom is 0.122 e. The van der Waals surface area contributed by atoms with Gasteiger partial charge in [-0.15, -0.1) is 0 Å². The molecule has 1 aromatic heterocycles. The van der Waals surface area contributed by atoms with Crippen molar-refractivity contribution < 1.29 is 0 Å². The van der Waals surface area contributed by atoms with Gasteiger partial charge in [0.25, 0.3) is 0 Å². The van der Waals surface area contributed by atoms with Crippen LogP contribution in [0.25, 0.3) is 0 Å². The van der Waals surface area contributed by atoms with Gasteiger partial charge in [0.1, 0.15) is 5.82 Å². The Morgan fingerprint density at radius 3 is 3.00 bits per heavy atom. The zero-order valence-corrected chi connectivity index (χ0v) is 10.3. The van der Waals surface area contributed by atoms with Crippen molar-refractivity contribution in [1.29, 1.82) is 0 Å². The molecule has 0 saturated heterocycles. The number of nitrogens with one attached hydrogen (secondary N) is 1. The van der Waals surface area contributed by atoms with Crippen molar-refractivity contribution in [2.45, 2.75) is 64.6 Å². The summed E-state index contributed by atoms with van der Waals surface area (Å²) >= 11 is 0. The maximum absolute atomic E-state index is 4.42. The number of nitrogens with zero attached hydrogens (tertiary/aromatic N) is 2. The van der Waals surface area contributed by atoms with Crippen LogP contribution in [0.2, 0.25) is 0 Å². The lowest BCUT2D eigenvalue weighted by Gasteiger charge is -2.08. The third-order valence-electron chi connectivity index (χ3n) is 3.18. The van der Waals surface area contributed by atoms with Crippen LogP contribution in [0.1, 0.15) is 51.3 Å². The predicted octanol–water partition coefficient (Wildman–Crippen LogP) is 2.72. The first kappa shape index (κ1) is 11.6. The van der Waals surface area contributed by atoms with Crippen LogP contribution in [0, 0.1) is 0 Å². The Morgan fingerprint density at radius 2 is 2.25 bits per heavy atom. The fraction of sp³-hybridized carbons (Fsp3) is 0.769. The van der Waals surface area contributed by atoms with Gasteiger partial charge in [-0.05, 0) is 19.3 Å². The van der Waals surface area contributed by atoms with Crippen molar-refractivity contribution in [2.24, 2.45) is 0 Å². The van der Waals surface area contributed by atoms with E-state index in [0.29, 0.717) is 0 Å². The van der Waals surface area contributed by atoms with Gasteiger partial charge in [0.15, 0.2) is 0 Å². The number of rotatable bonds is 8. The fourth-order valence-electron chi connectivity index (χ4n) is 1.94. The average molecular weight is 221 g/mol. The van der Waals surface area contributed by atoms with Gasteiger partial charge < -0.3 is 9.88 Å². The largest absolute Gasteiger partial charge is 0.334 e. The lowest BCUT2D eigenvalue weighted by Crippen LogP contribution is -2.18. The zero-order valence-electron chi connectivity index (χ0n) is 10.3.